The first-order valence-electron chi connectivity index (χ1n) is 5.60. The first kappa shape index (κ1) is 12.4. The molecular weight excluding hydrogens is 242 g/mol. The Labute approximate surface area is 105 Å². The molecule has 0 bridgehead atoms. The summed E-state index contributed by atoms with van der Waals surface area (Å²) in [4.78, 5) is 13.5. The van der Waals surface area contributed by atoms with Gasteiger partial charge in [-0.3, -0.25) is 4.79 Å². The monoisotopic (exact) mass is 257 g/mol. The molecule has 1 aromatic rings. The van der Waals surface area contributed by atoms with Crippen LogP contribution in [0.4, 0.5) is 5.69 Å². The van der Waals surface area contributed by atoms with E-state index in [1.54, 1.807) is 13.2 Å². The SMILES string of the molecule is CN(CC1CC(O)C1)c1cnn(C)c(=O)c1Cl. The van der Waals surface area contributed by atoms with E-state index in [1.165, 1.54) is 4.68 Å². The van der Waals surface area contributed by atoms with Crippen molar-refractivity contribution in [3.05, 3.63) is 21.6 Å². The van der Waals surface area contributed by atoms with Crippen LogP contribution in [0.15, 0.2) is 11.0 Å². The lowest BCUT2D eigenvalue weighted by Crippen LogP contribution is -2.37. The van der Waals surface area contributed by atoms with Crippen molar-refractivity contribution in [1.82, 2.24) is 9.78 Å². The average Bonchev–Trinajstić information content (AvgIpc) is 2.24. The third-order valence-corrected chi connectivity index (χ3v) is 3.57. The van der Waals surface area contributed by atoms with E-state index >= 15 is 0 Å². The van der Waals surface area contributed by atoms with E-state index < -0.39 is 0 Å². The van der Waals surface area contributed by atoms with Crippen LogP contribution in [-0.4, -0.2) is 34.6 Å². The number of hydrogen-bond donors (Lipinski definition) is 1. The topological polar surface area (TPSA) is 58.4 Å². The van der Waals surface area contributed by atoms with Crippen LogP contribution in [0.25, 0.3) is 0 Å². The van der Waals surface area contributed by atoms with Gasteiger partial charge < -0.3 is 10.0 Å². The molecule has 94 valence electrons. The van der Waals surface area contributed by atoms with Gasteiger partial charge >= 0.3 is 0 Å². The van der Waals surface area contributed by atoms with E-state index in [1.807, 2.05) is 11.9 Å². The molecule has 0 amide bonds. The summed E-state index contributed by atoms with van der Waals surface area (Å²) < 4.78 is 1.22. The lowest BCUT2D eigenvalue weighted by atomic mass is 9.82. The van der Waals surface area contributed by atoms with Gasteiger partial charge in [0.15, 0.2) is 0 Å². The maximum Gasteiger partial charge on any atom is 0.287 e. The van der Waals surface area contributed by atoms with Crippen molar-refractivity contribution in [1.29, 1.82) is 0 Å². The van der Waals surface area contributed by atoms with Crippen molar-refractivity contribution < 1.29 is 5.11 Å². The number of aryl methyl sites for hydroxylation is 1. The number of aromatic nitrogens is 2. The Bertz CT molecular complexity index is 468. The van der Waals surface area contributed by atoms with Gasteiger partial charge in [-0.25, -0.2) is 4.68 Å². The number of hydrogen-bond acceptors (Lipinski definition) is 4. The summed E-state index contributed by atoms with van der Waals surface area (Å²) in [5, 5.41) is 13.4. The minimum Gasteiger partial charge on any atom is -0.393 e. The molecule has 0 aliphatic heterocycles. The van der Waals surface area contributed by atoms with E-state index in [4.69, 9.17) is 11.6 Å². The Morgan fingerprint density at radius 3 is 2.88 bits per heavy atom. The molecule has 0 atom stereocenters. The highest BCUT2D eigenvalue weighted by molar-refractivity contribution is 6.33. The van der Waals surface area contributed by atoms with Crippen LogP contribution >= 0.6 is 11.6 Å². The van der Waals surface area contributed by atoms with Crippen molar-refractivity contribution in [3.8, 4) is 0 Å². The molecule has 0 saturated heterocycles. The highest BCUT2D eigenvalue weighted by Crippen LogP contribution is 2.30. The van der Waals surface area contributed by atoms with Crippen LogP contribution in [0.2, 0.25) is 5.02 Å². The van der Waals surface area contributed by atoms with Gasteiger partial charge in [0, 0.05) is 20.6 Å². The molecule has 0 unspecified atom stereocenters. The van der Waals surface area contributed by atoms with Crippen molar-refractivity contribution in [2.45, 2.75) is 18.9 Å². The Hall–Kier alpha value is -1.07. The summed E-state index contributed by atoms with van der Waals surface area (Å²) in [5.74, 6) is 0.468. The Morgan fingerprint density at radius 1 is 1.65 bits per heavy atom. The molecule has 1 aliphatic carbocycles. The number of anilines is 1. The van der Waals surface area contributed by atoms with E-state index in [-0.39, 0.29) is 16.7 Å². The maximum absolute atomic E-state index is 11.6. The van der Waals surface area contributed by atoms with E-state index in [0.717, 1.165) is 19.4 Å². The fourth-order valence-corrected chi connectivity index (χ4v) is 2.42. The third kappa shape index (κ3) is 2.45. The van der Waals surface area contributed by atoms with Gasteiger partial charge in [-0.1, -0.05) is 11.6 Å². The lowest BCUT2D eigenvalue weighted by Gasteiger charge is -2.35. The molecule has 1 heterocycles. The molecule has 0 radical (unpaired) electrons. The van der Waals surface area contributed by atoms with E-state index in [0.29, 0.717) is 11.6 Å². The number of aliphatic hydroxyl groups excluding tert-OH is 1. The summed E-state index contributed by atoms with van der Waals surface area (Å²) >= 11 is 6.00. The highest BCUT2D eigenvalue weighted by Gasteiger charge is 2.28. The molecule has 2 rings (SSSR count). The molecule has 0 aromatic carbocycles. The van der Waals surface area contributed by atoms with Gasteiger partial charge in [0.1, 0.15) is 5.02 Å². The van der Waals surface area contributed by atoms with Gasteiger partial charge in [-0.2, -0.15) is 5.10 Å². The van der Waals surface area contributed by atoms with Gasteiger partial charge in [-0.15, -0.1) is 0 Å². The fourth-order valence-electron chi connectivity index (χ4n) is 2.10. The predicted molar refractivity (Wildman–Crippen MR) is 66.5 cm³/mol. The van der Waals surface area contributed by atoms with E-state index in [2.05, 4.69) is 5.10 Å². The van der Waals surface area contributed by atoms with Crippen molar-refractivity contribution in [2.75, 3.05) is 18.5 Å². The van der Waals surface area contributed by atoms with Crippen LogP contribution in [0.5, 0.6) is 0 Å². The van der Waals surface area contributed by atoms with Crippen LogP contribution in [-0.2, 0) is 7.05 Å². The molecule has 1 saturated carbocycles. The normalized spacial score (nSPS) is 23.3. The van der Waals surface area contributed by atoms with Crippen LogP contribution < -0.4 is 10.5 Å². The Balaban J connectivity index is 2.11. The lowest BCUT2D eigenvalue weighted by molar-refractivity contribution is 0.0465. The van der Waals surface area contributed by atoms with Gasteiger partial charge in [0.25, 0.3) is 5.56 Å². The van der Waals surface area contributed by atoms with Crippen LogP contribution in [0, 0.1) is 5.92 Å². The minimum absolute atomic E-state index is 0.161. The largest absolute Gasteiger partial charge is 0.393 e. The first-order valence-corrected chi connectivity index (χ1v) is 5.98. The molecular formula is C11H16ClN3O2. The van der Waals surface area contributed by atoms with Gasteiger partial charge in [0.2, 0.25) is 0 Å². The summed E-state index contributed by atoms with van der Waals surface area (Å²) in [6.07, 6.45) is 3.07. The second-order valence-corrected chi connectivity index (χ2v) is 5.02. The summed E-state index contributed by atoms with van der Waals surface area (Å²) in [7, 11) is 3.45. The van der Waals surface area contributed by atoms with Gasteiger partial charge in [-0.05, 0) is 18.8 Å². The Morgan fingerprint density at radius 2 is 2.29 bits per heavy atom. The van der Waals surface area contributed by atoms with Gasteiger partial charge in [0.05, 0.1) is 18.0 Å². The average molecular weight is 258 g/mol. The zero-order chi connectivity index (χ0) is 12.6. The zero-order valence-electron chi connectivity index (χ0n) is 9.93. The number of nitrogens with zero attached hydrogens (tertiary/aromatic N) is 3. The molecule has 1 N–H and O–H groups in total. The number of halogens is 1. The highest BCUT2D eigenvalue weighted by atomic mass is 35.5. The fraction of sp³-hybridized carbons (Fsp3) is 0.636. The van der Waals surface area contributed by atoms with Crippen molar-refractivity contribution >= 4 is 17.3 Å². The molecule has 0 spiro atoms. The second kappa shape index (κ2) is 4.66. The minimum atomic E-state index is -0.287. The number of rotatable bonds is 3. The standard InChI is InChI=1S/C11H16ClN3O2/c1-14(6-7-3-8(16)4-7)9-5-13-15(2)11(17)10(9)12/h5,7-8,16H,3-4,6H2,1-2H3. The molecule has 1 fully saturated rings. The molecule has 5 nitrogen and oxygen atoms in total. The number of aliphatic hydroxyl groups is 1. The summed E-state index contributed by atoms with van der Waals surface area (Å²) in [6.45, 7) is 0.783. The van der Waals surface area contributed by atoms with Crippen molar-refractivity contribution in [2.24, 2.45) is 13.0 Å². The maximum atomic E-state index is 11.6. The quantitative estimate of drug-likeness (QED) is 0.864. The molecule has 1 aromatic heterocycles. The zero-order valence-corrected chi connectivity index (χ0v) is 10.7. The Kier molecular flexibility index (Phi) is 3.40. The van der Waals surface area contributed by atoms with Crippen LogP contribution in [0.3, 0.4) is 0 Å². The molecule has 1 aliphatic rings. The smallest absolute Gasteiger partial charge is 0.287 e. The first-order chi connectivity index (χ1) is 7.99. The third-order valence-electron chi connectivity index (χ3n) is 3.21. The predicted octanol–water partition coefficient (Wildman–Crippen LogP) is 0.641. The molecule has 17 heavy (non-hydrogen) atoms. The summed E-state index contributed by atoms with van der Waals surface area (Å²) in [5.41, 5.74) is 0.362. The molecule has 6 heteroatoms. The van der Waals surface area contributed by atoms with E-state index in [9.17, 15) is 9.90 Å². The summed E-state index contributed by atoms with van der Waals surface area (Å²) in [6, 6.07) is 0. The van der Waals surface area contributed by atoms with Crippen molar-refractivity contribution in [3.63, 3.8) is 0 Å². The second-order valence-electron chi connectivity index (χ2n) is 4.64. The van der Waals surface area contributed by atoms with Crippen LogP contribution in [0.1, 0.15) is 12.8 Å².